The summed E-state index contributed by atoms with van der Waals surface area (Å²) in [6, 6.07) is 6.75. The van der Waals surface area contributed by atoms with Crippen molar-refractivity contribution in [1.82, 2.24) is 4.90 Å². The SMILES string of the molecule is CC(C)(C)OC(=O)N1CCC2Nc3cc(Br)ccc3C2C1. The summed E-state index contributed by atoms with van der Waals surface area (Å²) in [4.78, 5) is 14.1. The molecular formula is C16H21BrN2O2. The van der Waals surface area contributed by atoms with Crippen LogP contribution in [-0.4, -0.2) is 35.7 Å². The van der Waals surface area contributed by atoms with Crippen LogP contribution in [0, 0.1) is 0 Å². The summed E-state index contributed by atoms with van der Waals surface area (Å²) in [6.45, 7) is 7.18. The van der Waals surface area contributed by atoms with Gasteiger partial charge in [0.25, 0.3) is 0 Å². The number of rotatable bonds is 0. The third kappa shape index (κ3) is 3.03. The van der Waals surface area contributed by atoms with Crippen molar-refractivity contribution in [1.29, 1.82) is 0 Å². The van der Waals surface area contributed by atoms with Crippen LogP contribution in [0.25, 0.3) is 0 Å². The van der Waals surface area contributed by atoms with Gasteiger partial charge in [-0.2, -0.15) is 0 Å². The molecule has 4 nitrogen and oxygen atoms in total. The lowest BCUT2D eigenvalue weighted by atomic mass is 9.89. The van der Waals surface area contributed by atoms with Gasteiger partial charge in [-0.25, -0.2) is 4.79 Å². The predicted molar refractivity (Wildman–Crippen MR) is 86.7 cm³/mol. The molecule has 2 atom stereocenters. The number of carbonyl (C=O) groups excluding carboxylic acids is 1. The van der Waals surface area contributed by atoms with Crippen LogP contribution in [-0.2, 0) is 4.74 Å². The largest absolute Gasteiger partial charge is 0.444 e. The highest BCUT2D eigenvalue weighted by Gasteiger charge is 2.39. The van der Waals surface area contributed by atoms with E-state index >= 15 is 0 Å². The van der Waals surface area contributed by atoms with Gasteiger partial charge < -0.3 is 15.0 Å². The van der Waals surface area contributed by atoms with E-state index in [4.69, 9.17) is 4.74 Å². The second-order valence-electron chi connectivity index (χ2n) is 6.80. The second-order valence-corrected chi connectivity index (χ2v) is 7.72. The first-order chi connectivity index (χ1) is 9.83. The molecule has 1 N–H and O–H groups in total. The number of fused-ring (bicyclic) bond motifs is 3. The van der Waals surface area contributed by atoms with Crippen molar-refractivity contribution >= 4 is 27.7 Å². The number of carbonyl (C=O) groups is 1. The summed E-state index contributed by atoms with van der Waals surface area (Å²) in [6.07, 6.45) is 0.752. The number of ether oxygens (including phenoxy) is 1. The van der Waals surface area contributed by atoms with Crippen LogP contribution in [0.5, 0.6) is 0 Å². The molecule has 2 aliphatic heterocycles. The van der Waals surface area contributed by atoms with Gasteiger partial charge in [0.1, 0.15) is 5.60 Å². The molecule has 1 aromatic carbocycles. The average molecular weight is 353 g/mol. The Balaban J connectivity index is 1.75. The number of anilines is 1. The second kappa shape index (κ2) is 5.20. The Morgan fingerprint density at radius 3 is 2.90 bits per heavy atom. The number of halogens is 1. The number of amides is 1. The minimum Gasteiger partial charge on any atom is -0.444 e. The highest BCUT2D eigenvalue weighted by atomic mass is 79.9. The summed E-state index contributed by atoms with van der Waals surface area (Å²) in [7, 11) is 0. The number of likely N-dealkylation sites (tertiary alicyclic amines) is 1. The highest BCUT2D eigenvalue weighted by molar-refractivity contribution is 9.10. The third-order valence-corrected chi connectivity index (χ3v) is 4.51. The standard InChI is InChI=1S/C16H21BrN2O2/c1-16(2,3)21-15(20)19-7-6-13-12(9-19)11-5-4-10(17)8-14(11)18-13/h4-5,8,12-13,18H,6-7,9H2,1-3H3. The molecule has 0 bridgehead atoms. The Bertz CT molecular complexity index is 568. The van der Waals surface area contributed by atoms with E-state index in [0.717, 1.165) is 24.0 Å². The van der Waals surface area contributed by atoms with Crippen LogP contribution < -0.4 is 5.32 Å². The van der Waals surface area contributed by atoms with Crippen LogP contribution in [0.15, 0.2) is 22.7 Å². The summed E-state index contributed by atoms with van der Waals surface area (Å²) in [5, 5.41) is 3.58. The molecule has 0 saturated carbocycles. The molecule has 1 fully saturated rings. The molecule has 21 heavy (non-hydrogen) atoms. The van der Waals surface area contributed by atoms with Crippen molar-refractivity contribution in [2.45, 2.75) is 44.8 Å². The zero-order valence-electron chi connectivity index (χ0n) is 12.6. The first-order valence-corrected chi connectivity index (χ1v) is 8.17. The molecule has 2 unspecified atom stereocenters. The average Bonchev–Trinajstić information content (AvgIpc) is 2.72. The van der Waals surface area contributed by atoms with E-state index in [1.807, 2.05) is 25.7 Å². The fourth-order valence-electron chi connectivity index (χ4n) is 3.11. The van der Waals surface area contributed by atoms with E-state index in [9.17, 15) is 4.79 Å². The lowest BCUT2D eigenvalue weighted by molar-refractivity contribution is 0.0195. The van der Waals surface area contributed by atoms with Gasteiger partial charge in [0, 0.05) is 35.2 Å². The molecule has 1 amide bonds. The van der Waals surface area contributed by atoms with Crippen molar-refractivity contribution in [2.75, 3.05) is 18.4 Å². The van der Waals surface area contributed by atoms with Gasteiger partial charge in [0.05, 0.1) is 0 Å². The zero-order chi connectivity index (χ0) is 15.2. The fourth-order valence-corrected chi connectivity index (χ4v) is 3.47. The lowest BCUT2D eigenvalue weighted by Crippen LogP contribution is -2.46. The number of piperidine rings is 1. The number of hydrogen-bond donors (Lipinski definition) is 1. The topological polar surface area (TPSA) is 41.6 Å². The quantitative estimate of drug-likeness (QED) is 0.767. The molecule has 1 saturated heterocycles. The van der Waals surface area contributed by atoms with Gasteiger partial charge in [0.15, 0.2) is 0 Å². The minimum absolute atomic E-state index is 0.202. The smallest absolute Gasteiger partial charge is 0.410 e. The summed E-state index contributed by atoms with van der Waals surface area (Å²) >= 11 is 3.51. The molecule has 114 valence electrons. The van der Waals surface area contributed by atoms with Crippen LogP contribution in [0.4, 0.5) is 10.5 Å². The Kier molecular flexibility index (Phi) is 3.64. The molecule has 0 aromatic heterocycles. The van der Waals surface area contributed by atoms with Crippen molar-refractivity contribution < 1.29 is 9.53 Å². The molecule has 0 aliphatic carbocycles. The molecule has 2 aliphatic rings. The maximum Gasteiger partial charge on any atom is 0.410 e. The minimum atomic E-state index is -0.440. The Morgan fingerprint density at radius 2 is 2.19 bits per heavy atom. The monoisotopic (exact) mass is 352 g/mol. The van der Waals surface area contributed by atoms with Crippen molar-refractivity contribution in [3.63, 3.8) is 0 Å². The van der Waals surface area contributed by atoms with Gasteiger partial charge >= 0.3 is 6.09 Å². The van der Waals surface area contributed by atoms with Gasteiger partial charge in [-0.05, 0) is 44.9 Å². The van der Waals surface area contributed by atoms with E-state index in [-0.39, 0.29) is 6.09 Å². The highest BCUT2D eigenvalue weighted by Crippen LogP contribution is 2.41. The van der Waals surface area contributed by atoms with Crippen LogP contribution in [0.3, 0.4) is 0 Å². The molecule has 3 rings (SSSR count). The van der Waals surface area contributed by atoms with E-state index in [1.165, 1.54) is 11.3 Å². The molecule has 2 heterocycles. The van der Waals surface area contributed by atoms with Crippen LogP contribution in [0.2, 0.25) is 0 Å². The molecule has 5 heteroatoms. The van der Waals surface area contributed by atoms with E-state index in [1.54, 1.807) is 0 Å². The summed E-state index contributed by atoms with van der Waals surface area (Å²) in [5.41, 5.74) is 2.05. The number of nitrogens with one attached hydrogen (secondary N) is 1. The predicted octanol–water partition coefficient (Wildman–Crippen LogP) is 3.97. The van der Waals surface area contributed by atoms with Gasteiger partial charge in [0.2, 0.25) is 0 Å². The van der Waals surface area contributed by atoms with E-state index in [2.05, 4.69) is 39.4 Å². The molecular weight excluding hydrogens is 332 g/mol. The van der Waals surface area contributed by atoms with Crippen molar-refractivity contribution in [2.24, 2.45) is 0 Å². The first-order valence-electron chi connectivity index (χ1n) is 7.37. The normalized spacial score (nSPS) is 24.1. The van der Waals surface area contributed by atoms with Crippen molar-refractivity contribution in [3.05, 3.63) is 28.2 Å². The number of nitrogens with zero attached hydrogens (tertiary/aromatic N) is 1. The van der Waals surface area contributed by atoms with Gasteiger partial charge in [-0.3, -0.25) is 0 Å². The molecule has 1 aromatic rings. The van der Waals surface area contributed by atoms with Gasteiger partial charge in [-0.15, -0.1) is 0 Å². The van der Waals surface area contributed by atoms with Crippen molar-refractivity contribution in [3.8, 4) is 0 Å². The fraction of sp³-hybridized carbons (Fsp3) is 0.562. The summed E-state index contributed by atoms with van der Waals surface area (Å²) in [5.74, 6) is 0.356. The number of benzene rings is 1. The maximum atomic E-state index is 12.2. The molecule has 0 radical (unpaired) electrons. The summed E-state index contributed by atoms with van der Waals surface area (Å²) < 4.78 is 6.57. The van der Waals surface area contributed by atoms with Crippen LogP contribution >= 0.6 is 15.9 Å². The number of hydrogen-bond acceptors (Lipinski definition) is 3. The van der Waals surface area contributed by atoms with Crippen LogP contribution in [0.1, 0.15) is 38.7 Å². The van der Waals surface area contributed by atoms with E-state index in [0.29, 0.717) is 12.0 Å². The Morgan fingerprint density at radius 1 is 1.43 bits per heavy atom. The third-order valence-electron chi connectivity index (χ3n) is 4.02. The molecule has 0 spiro atoms. The van der Waals surface area contributed by atoms with E-state index < -0.39 is 5.60 Å². The Hall–Kier alpha value is -1.23. The lowest BCUT2D eigenvalue weighted by Gasteiger charge is -2.36. The first kappa shape index (κ1) is 14.7. The zero-order valence-corrected chi connectivity index (χ0v) is 14.2. The Labute approximate surface area is 134 Å². The maximum absolute atomic E-state index is 12.2. The van der Waals surface area contributed by atoms with Gasteiger partial charge in [-0.1, -0.05) is 22.0 Å².